The molecule has 0 saturated carbocycles. The third kappa shape index (κ3) is 4.29. The number of nitrogens with one attached hydrogen (secondary N) is 1. The van der Waals surface area contributed by atoms with Gasteiger partial charge in [0, 0.05) is 26.5 Å². The molecule has 1 amide bonds. The van der Waals surface area contributed by atoms with Crippen LogP contribution >= 0.6 is 23.1 Å². The average Bonchev–Trinajstić information content (AvgIpc) is 3.47. The molecule has 0 saturated heterocycles. The van der Waals surface area contributed by atoms with Gasteiger partial charge in [-0.2, -0.15) is 0 Å². The van der Waals surface area contributed by atoms with Gasteiger partial charge in [0.15, 0.2) is 11.0 Å². The van der Waals surface area contributed by atoms with Gasteiger partial charge in [0.05, 0.1) is 10.6 Å². The van der Waals surface area contributed by atoms with Crippen LogP contribution in [-0.2, 0) is 18.9 Å². The summed E-state index contributed by atoms with van der Waals surface area (Å²) in [5.74, 6) is 1.09. The van der Waals surface area contributed by atoms with Gasteiger partial charge in [0.2, 0.25) is 5.91 Å². The average molecular weight is 443 g/mol. The Labute approximate surface area is 181 Å². The van der Waals surface area contributed by atoms with Crippen molar-refractivity contribution in [3.63, 3.8) is 0 Å². The van der Waals surface area contributed by atoms with E-state index >= 15 is 0 Å². The van der Waals surface area contributed by atoms with Gasteiger partial charge in [-0.05, 0) is 29.1 Å². The van der Waals surface area contributed by atoms with Crippen molar-refractivity contribution in [3.8, 4) is 10.7 Å². The Hall–Kier alpha value is -2.98. The van der Waals surface area contributed by atoms with E-state index in [1.165, 1.54) is 23.9 Å². The van der Waals surface area contributed by atoms with Crippen LogP contribution in [0.4, 0.5) is 4.39 Å². The smallest absolute Gasteiger partial charge is 0.231 e. The molecule has 4 aromatic rings. The van der Waals surface area contributed by atoms with Gasteiger partial charge in [-0.1, -0.05) is 30.0 Å². The molecule has 3 heterocycles. The van der Waals surface area contributed by atoms with Crippen LogP contribution in [-0.4, -0.2) is 36.0 Å². The predicted octanol–water partition coefficient (Wildman–Crippen LogP) is 3.41. The standard InChI is InChI=1S/C20H19FN6OS2/c1-26-10-9-22-19(26)17(13-5-7-14(21)8-6-13)23-16(28)12-30-20-25-24-18(27(20)2)15-4-3-11-29-15/h3-11,17H,12H2,1-2H3,(H,23,28). The van der Waals surface area contributed by atoms with Gasteiger partial charge >= 0.3 is 0 Å². The van der Waals surface area contributed by atoms with E-state index < -0.39 is 6.04 Å². The van der Waals surface area contributed by atoms with Crippen LogP contribution in [0.15, 0.2) is 59.3 Å². The van der Waals surface area contributed by atoms with Crippen molar-refractivity contribution in [3.05, 3.63) is 71.4 Å². The minimum absolute atomic E-state index is 0.165. The monoisotopic (exact) mass is 442 g/mol. The number of thiophene rings is 1. The fraction of sp³-hybridized carbons (Fsp3) is 0.200. The number of nitrogens with zero attached hydrogens (tertiary/aromatic N) is 5. The summed E-state index contributed by atoms with van der Waals surface area (Å²) in [5.41, 5.74) is 0.752. The summed E-state index contributed by atoms with van der Waals surface area (Å²) < 4.78 is 17.1. The molecule has 1 unspecified atom stereocenters. The van der Waals surface area contributed by atoms with Crippen molar-refractivity contribution >= 4 is 29.0 Å². The molecule has 0 fully saturated rings. The van der Waals surface area contributed by atoms with Crippen molar-refractivity contribution in [2.75, 3.05) is 5.75 Å². The number of amides is 1. The largest absolute Gasteiger partial charge is 0.341 e. The van der Waals surface area contributed by atoms with E-state index in [9.17, 15) is 9.18 Å². The van der Waals surface area contributed by atoms with Crippen LogP contribution < -0.4 is 5.32 Å². The highest BCUT2D eigenvalue weighted by molar-refractivity contribution is 7.99. The fourth-order valence-electron chi connectivity index (χ4n) is 3.00. The summed E-state index contributed by atoms with van der Waals surface area (Å²) >= 11 is 2.90. The third-order valence-electron chi connectivity index (χ3n) is 4.53. The molecule has 30 heavy (non-hydrogen) atoms. The summed E-state index contributed by atoms with van der Waals surface area (Å²) in [5, 5.41) is 14.1. The summed E-state index contributed by atoms with van der Waals surface area (Å²) in [6.45, 7) is 0. The molecule has 7 nitrogen and oxygen atoms in total. The van der Waals surface area contributed by atoms with Gasteiger partial charge in [-0.15, -0.1) is 21.5 Å². The molecule has 10 heteroatoms. The van der Waals surface area contributed by atoms with Crippen molar-refractivity contribution in [2.45, 2.75) is 11.2 Å². The van der Waals surface area contributed by atoms with E-state index in [0.29, 0.717) is 11.0 Å². The minimum atomic E-state index is -0.486. The lowest BCUT2D eigenvalue weighted by Gasteiger charge is -2.19. The minimum Gasteiger partial charge on any atom is -0.341 e. The zero-order chi connectivity index (χ0) is 21.1. The van der Waals surface area contributed by atoms with Crippen LogP contribution in [0.1, 0.15) is 17.4 Å². The summed E-state index contributed by atoms with van der Waals surface area (Å²) in [7, 11) is 3.73. The van der Waals surface area contributed by atoms with E-state index in [0.717, 1.165) is 16.3 Å². The van der Waals surface area contributed by atoms with E-state index in [2.05, 4.69) is 20.5 Å². The number of benzene rings is 1. The summed E-state index contributed by atoms with van der Waals surface area (Å²) in [6, 6.07) is 9.50. The number of aryl methyl sites for hydroxylation is 1. The lowest BCUT2D eigenvalue weighted by molar-refractivity contribution is -0.119. The first-order valence-electron chi connectivity index (χ1n) is 9.11. The highest BCUT2D eigenvalue weighted by atomic mass is 32.2. The third-order valence-corrected chi connectivity index (χ3v) is 6.42. The normalized spacial score (nSPS) is 12.1. The highest BCUT2D eigenvalue weighted by Crippen LogP contribution is 2.26. The molecule has 1 aromatic carbocycles. The van der Waals surface area contributed by atoms with Crippen LogP contribution in [0.2, 0.25) is 0 Å². The lowest BCUT2D eigenvalue weighted by atomic mass is 10.1. The summed E-state index contributed by atoms with van der Waals surface area (Å²) in [6.07, 6.45) is 3.47. The Bertz CT molecular complexity index is 1140. The number of carbonyl (C=O) groups excluding carboxylic acids is 1. The van der Waals surface area contributed by atoms with Crippen molar-refractivity contribution in [1.82, 2.24) is 29.6 Å². The van der Waals surface area contributed by atoms with Gasteiger partial charge in [0.25, 0.3) is 0 Å². The van der Waals surface area contributed by atoms with Crippen LogP contribution in [0.25, 0.3) is 10.7 Å². The molecule has 1 N–H and O–H groups in total. The van der Waals surface area contributed by atoms with E-state index in [1.54, 1.807) is 35.9 Å². The molecule has 3 aromatic heterocycles. The van der Waals surface area contributed by atoms with Crippen LogP contribution in [0.5, 0.6) is 0 Å². The van der Waals surface area contributed by atoms with Gasteiger partial charge in [-0.3, -0.25) is 4.79 Å². The molecular weight excluding hydrogens is 423 g/mol. The number of hydrogen-bond acceptors (Lipinski definition) is 6. The molecule has 4 rings (SSSR count). The van der Waals surface area contributed by atoms with Gasteiger partial charge < -0.3 is 14.5 Å². The first kappa shape index (κ1) is 20.3. The number of thioether (sulfide) groups is 1. The van der Waals surface area contributed by atoms with E-state index in [1.807, 2.05) is 40.7 Å². The molecule has 0 aliphatic carbocycles. The maximum Gasteiger partial charge on any atom is 0.231 e. The lowest BCUT2D eigenvalue weighted by Crippen LogP contribution is -2.32. The Morgan fingerprint density at radius 3 is 2.70 bits per heavy atom. The molecule has 0 spiro atoms. The quantitative estimate of drug-likeness (QED) is 0.444. The zero-order valence-electron chi connectivity index (χ0n) is 16.3. The number of carbonyl (C=O) groups is 1. The molecule has 0 radical (unpaired) electrons. The van der Waals surface area contributed by atoms with Crippen molar-refractivity contribution < 1.29 is 9.18 Å². The molecular formula is C20H19FN6OS2. The molecule has 0 aliphatic rings. The number of halogens is 1. The molecule has 0 bridgehead atoms. The van der Waals surface area contributed by atoms with Crippen molar-refractivity contribution in [2.24, 2.45) is 14.1 Å². The van der Waals surface area contributed by atoms with E-state index in [-0.39, 0.29) is 17.5 Å². The topological polar surface area (TPSA) is 77.6 Å². The van der Waals surface area contributed by atoms with Crippen LogP contribution in [0.3, 0.4) is 0 Å². The van der Waals surface area contributed by atoms with Crippen LogP contribution in [0, 0.1) is 5.82 Å². The second-order valence-corrected chi connectivity index (χ2v) is 8.47. The van der Waals surface area contributed by atoms with Gasteiger partial charge in [0.1, 0.15) is 17.7 Å². The van der Waals surface area contributed by atoms with Gasteiger partial charge in [-0.25, -0.2) is 9.37 Å². The SMILES string of the molecule is Cn1ccnc1C(NC(=O)CSc1nnc(-c2cccs2)n1C)c1ccc(F)cc1. The number of hydrogen-bond donors (Lipinski definition) is 1. The highest BCUT2D eigenvalue weighted by Gasteiger charge is 2.21. The maximum absolute atomic E-state index is 13.4. The number of aromatic nitrogens is 5. The maximum atomic E-state index is 13.4. The predicted molar refractivity (Wildman–Crippen MR) is 115 cm³/mol. The molecule has 1 atom stereocenters. The fourth-order valence-corrected chi connectivity index (χ4v) is 4.47. The van der Waals surface area contributed by atoms with E-state index in [4.69, 9.17) is 0 Å². The zero-order valence-corrected chi connectivity index (χ0v) is 18.0. The second kappa shape index (κ2) is 8.80. The Morgan fingerprint density at radius 2 is 2.03 bits per heavy atom. The van der Waals surface area contributed by atoms with Crippen molar-refractivity contribution in [1.29, 1.82) is 0 Å². The first-order valence-corrected chi connectivity index (χ1v) is 11.0. The summed E-state index contributed by atoms with van der Waals surface area (Å²) in [4.78, 5) is 18.1. The Kier molecular flexibility index (Phi) is 5.96. The number of imidazole rings is 1. The Morgan fingerprint density at radius 1 is 1.23 bits per heavy atom. The molecule has 0 aliphatic heterocycles. The first-order chi connectivity index (χ1) is 14.5. The number of rotatable bonds is 7. The molecule has 154 valence electrons. The second-order valence-electron chi connectivity index (χ2n) is 6.58. The Balaban J connectivity index is 1.47.